The molecule has 0 amide bonds. The van der Waals surface area contributed by atoms with Crippen LogP contribution in [0.25, 0.3) is 11.1 Å². The van der Waals surface area contributed by atoms with Gasteiger partial charge in [0.15, 0.2) is 17.6 Å². The Balaban J connectivity index is 2.91. The fourth-order valence-corrected chi connectivity index (χ4v) is 2.33. The minimum absolute atomic E-state index is 0.0251. The predicted molar refractivity (Wildman–Crippen MR) is 90.6 cm³/mol. The molecule has 1 aromatic heterocycles. The number of rotatable bonds is 5. The number of aromatic amines is 1. The summed E-state index contributed by atoms with van der Waals surface area (Å²) in [6, 6.07) is 8.13. The normalized spacial score (nSPS) is 11.1. The van der Waals surface area contributed by atoms with Crippen LogP contribution in [0, 0.1) is 22.7 Å². The van der Waals surface area contributed by atoms with Gasteiger partial charge in [0.2, 0.25) is 0 Å². The highest BCUT2D eigenvalue weighted by molar-refractivity contribution is 5.85. The summed E-state index contributed by atoms with van der Waals surface area (Å²) in [6.07, 6.45) is -1.25. The first-order chi connectivity index (χ1) is 12.3. The maximum Gasteiger partial charge on any atom is 0.344 e. The van der Waals surface area contributed by atoms with Crippen LogP contribution in [0.3, 0.4) is 0 Å². The zero-order chi connectivity index (χ0) is 19.4. The number of para-hydroxylation sites is 1. The molecule has 1 atom stereocenters. The number of benzene rings is 1. The number of nitrogen functional groups attached to an aromatic ring is 1. The number of aliphatic carboxylic acids is 1. The molecule has 0 spiro atoms. The summed E-state index contributed by atoms with van der Waals surface area (Å²) in [5.74, 6) is -1.30. The maximum absolute atomic E-state index is 12.1. The number of nitrogens with zero attached hydrogens (tertiary/aromatic N) is 2. The molecule has 4 N–H and O–H groups in total. The van der Waals surface area contributed by atoms with E-state index in [9.17, 15) is 20.1 Å². The lowest BCUT2D eigenvalue weighted by molar-refractivity contribution is -0.144. The minimum atomic E-state index is -1.25. The molecule has 1 aromatic carbocycles. The van der Waals surface area contributed by atoms with Crippen LogP contribution in [0.2, 0.25) is 0 Å². The third kappa shape index (κ3) is 3.14. The molecule has 26 heavy (non-hydrogen) atoms. The fraction of sp³-hybridized carbons (Fsp3) is 0.176. The highest BCUT2D eigenvalue weighted by atomic mass is 16.5. The first kappa shape index (κ1) is 18.4. The number of carboxylic acids is 1. The van der Waals surface area contributed by atoms with Gasteiger partial charge in [0.25, 0.3) is 5.56 Å². The number of anilines is 1. The average Bonchev–Trinajstić information content (AvgIpc) is 2.61. The van der Waals surface area contributed by atoms with Crippen molar-refractivity contribution in [3.63, 3.8) is 0 Å². The molecule has 132 valence electrons. The summed E-state index contributed by atoms with van der Waals surface area (Å²) in [5.41, 5.74) is 4.53. The molecular weight excluding hydrogens is 340 g/mol. The quantitative estimate of drug-likeness (QED) is 0.722. The molecule has 0 saturated carbocycles. The Bertz CT molecular complexity index is 1010. The Hall–Kier alpha value is -3.98. The summed E-state index contributed by atoms with van der Waals surface area (Å²) in [5, 5.41) is 27.9. The van der Waals surface area contributed by atoms with E-state index in [0.717, 1.165) is 0 Å². The number of nitriles is 2. The van der Waals surface area contributed by atoms with Gasteiger partial charge in [0.05, 0.1) is 7.11 Å². The van der Waals surface area contributed by atoms with Crippen LogP contribution in [0.4, 0.5) is 5.82 Å². The van der Waals surface area contributed by atoms with E-state index in [-0.39, 0.29) is 39.6 Å². The van der Waals surface area contributed by atoms with Crippen LogP contribution >= 0.6 is 0 Å². The van der Waals surface area contributed by atoms with Gasteiger partial charge in [-0.25, -0.2) is 4.79 Å². The Morgan fingerprint density at radius 2 is 1.96 bits per heavy atom. The van der Waals surface area contributed by atoms with Crippen LogP contribution in [-0.2, 0) is 4.79 Å². The number of methoxy groups -OCH3 is 1. The van der Waals surface area contributed by atoms with E-state index in [4.69, 9.17) is 20.3 Å². The monoisotopic (exact) mass is 354 g/mol. The summed E-state index contributed by atoms with van der Waals surface area (Å²) >= 11 is 0. The number of hydrogen-bond donors (Lipinski definition) is 3. The van der Waals surface area contributed by atoms with Crippen molar-refractivity contribution in [3.05, 3.63) is 39.7 Å². The number of carbonyl (C=O) groups is 1. The Kier molecular flexibility index (Phi) is 5.14. The number of aromatic nitrogens is 1. The topological polar surface area (TPSA) is 162 Å². The van der Waals surface area contributed by atoms with E-state index in [2.05, 4.69) is 4.98 Å². The molecule has 9 heteroatoms. The third-order valence-electron chi connectivity index (χ3n) is 3.58. The Morgan fingerprint density at radius 1 is 1.31 bits per heavy atom. The van der Waals surface area contributed by atoms with E-state index in [1.54, 1.807) is 12.1 Å². The first-order valence-corrected chi connectivity index (χ1v) is 7.28. The van der Waals surface area contributed by atoms with Gasteiger partial charge < -0.3 is 25.3 Å². The molecule has 2 rings (SSSR count). The van der Waals surface area contributed by atoms with Crippen LogP contribution in [0.5, 0.6) is 11.5 Å². The number of H-pyrrole nitrogens is 1. The summed E-state index contributed by atoms with van der Waals surface area (Å²) < 4.78 is 10.7. The van der Waals surface area contributed by atoms with Crippen molar-refractivity contribution in [1.82, 2.24) is 4.98 Å². The van der Waals surface area contributed by atoms with Crippen molar-refractivity contribution in [3.8, 4) is 34.8 Å². The van der Waals surface area contributed by atoms with Gasteiger partial charge >= 0.3 is 5.97 Å². The van der Waals surface area contributed by atoms with Crippen molar-refractivity contribution in [1.29, 1.82) is 10.5 Å². The second-order valence-electron chi connectivity index (χ2n) is 5.15. The lowest BCUT2D eigenvalue weighted by atomic mass is 9.95. The van der Waals surface area contributed by atoms with Gasteiger partial charge in [0, 0.05) is 11.1 Å². The first-order valence-electron chi connectivity index (χ1n) is 7.28. The van der Waals surface area contributed by atoms with E-state index in [1.165, 1.54) is 26.2 Å². The highest BCUT2D eigenvalue weighted by Gasteiger charge is 2.25. The Morgan fingerprint density at radius 3 is 2.50 bits per heavy atom. The number of nitrogens with one attached hydrogen (secondary N) is 1. The molecule has 0 fully saturated rings. The van der Waals surface area contributed by atoms with E-state index >= 15 is 0 Å². The van der Waals surface area contributed by atoms with Crippen LogP contribution in [0.15, 0.2) is 23.0 Å². The molecule has 0 saturated heterocycles. The average molecular weight is 354 g/mol. The number of pyridine rings is 1. The fourth-order valence-electron chi connectivity index (χ4n) is 2.33. The summed E-state index contributed by atoms with van der Waals surface area (Å²) in [4.78, 5) is 25.5. The predicted octanol–water partition coefficient (Wildman–Crippen LogP) is 1.23. The van der Waals surface area contributed by atoms with Crippen molar-refractivity contribution in [2.75, 3.05) is 12.8 Å². The van der Waals surface area contributed by atoms with Crippen molar-refractivity contribution in [2.45, 2.75) is 13.0 Å². The molecule has 0 radical (unpaired) electrons. The van der Waals surface area contributed by atoms with Crippen LogP contribution in [0.1, 0.15) is 18.1 Å². The molecule has 9 nitrogen and oxygen atoms in total. The summed E-state index contributed by atoms with van der Waals surface area (Å²) in [6.45, 7) is 1.31. The number of nitrogens with two attached hydrogens (primary N) is 1. The molecule has 0 aliphatic carbocycles. The van der Waals surface area contributed by atoms with E-state index < -0.39 is 17.6 Å². The number of ether oxygens (including phenoxy) is 2. The second-order valence-corrected chi connectivity index (χ2v) is 5.15. The standard InChI is InChI=1S/C17H14N4O5/c1-8(17(23)24)26-14-9(4-3-5-12(14)25-2)13-10(6-18)15(20)21-16(22)11(13)7-19/h3-5,8H,1-2H3,(H,23,24)(H3,20,21,22). The van der Waals surface area contributed by atoms with E-state index in [0.29, 0.717) is 0 Å². The van der Waals surface area contributed by atoms with E-state index in [1.807, 2.05) is 6.07 Å². The molecule has 1 heterocycles. The van der Waals surface area contributed by atoms with Crippen molar-refractivity contribution < 1.29 is 19.4 Å². The number of hydrogen-bond acceptors (Lipinski definition) is 7. The van der Waals surface area contributed by atoms with Crippen molar-refractivity contribution in [2.24, 2.45) is 0 Å². The van der Waals surface area contributed by atoms with Gasteiger partial charge in [-0.15, -0.1) is 0 Å². The lowest BCUT2D eigenvalue weighted by Gasteiger charge is -2.19. The SMILES string of the molecule is COc1cccc(-c2c(C#N)c(N)[nH]c(=O)c2C#N)c1OC(C)C(=O)O. The second kappa shape index (κ2) is 7.28. The minimum Gasteiger partial charge on any atom is -0.493 e. The summed E-state index contributed by atoms with van der Waals surface area (Å²) in [7, 11) is 1.35. The van der Waals surface area contributed by atoms with Gasteiger partial charge in [-0.2, -0.15) is 10.5 Å². The molecule has 2 aromatic rings. The van der Waals surface area contributed by atoms with Gasteiger partial charge in [-0.05, 0) is 13.0 Å². The third-order valence-corrected chi connectivity index (χ3v) is 3.58. The zero-order valence-corrected chi connectivity index (χ0v) is 13.9. The lowest BCUT2D eigenvalue weighted by Crippen LogP contribution is -2.24. The molecule has 0 bridgehead atoms. The maximum atomic E-state index is 12.1. The highest BCUT2D eigenvalue weighted by Crippen LogP contribution is 2.41. The van der Waals surface area contributed by atoms with Gasteiger partial charge in [-0.3, -0.25) is 4.79 Å². The van der Waals surface area contributed by atoms with Crippen LogP contribution in [-0.4, -0.2) is 29.3 Å². The smallest absolute Gasteiger partial charge is 0.344 e. The van der Waals surface area contributed by atoms with Gasteiger partial charge in [-0.1, -0.05) is 12.1 Å². The molecule has 0 aliphatic rings. The van der Waals surface area contributed by atoms with Crippen LogP contribution < -0.4 is 20.8 Å². The van der Waals surface area contributed by atoms with Gasteiger partial charge in [0.1, 0.15) is 29.1 Å². The zero-order valence-electron chi connectivity index (χ0n) is 13.9. The number of carboxylic acid groups (broad SMARTS) is 1. The molecule has 0 aliphatic heterocycles. The molecular formula is C17H14N4O5. The van der Waals surface area contributed by atoms with Crippen molar-refractivity contribution >= 4 is 11.8 Å². The Labute approximate surface area is 147 Å². The molecule has 1 unspecified atom stereocenters. The largest absolute Gasteiger partial charge is 0.493 e.